The Kier molecular flexibility index (Phi) is 2.77. The molecule has 3 heteroatoms. The van der Waals surface area contributed by atoms with Crippen LogP contribution in [0.25, 0.3) is 0 Å². The molecule has 10 heavy (non-hydrogen) atoms. The number of benzene rings is 1. The summed E-state index contributed by atoms with van der Waals surface area (Å²) in [6.45, 7) is 1.89. The monoisotopic (exact) mass is 171 g/mol. The van der Waals surface area contributed by atoms with Crippen LogP contribution in [0.15, 0.2) is 30.3 Å². The molecule has 1 rings (SSSR count). The molecule has 0 saturated heterocycles. The zero-order chi connectivity index (χ0) is 7.40. The Morgan fingerprint density at radius 3 is 2.40 bits per heavy atom. The zero-order valence-electron chi connectivity index (χ0n) is 5.67. The number of hydrogen-bond acceptors (Lipinski definition) is 1. The maximum atomic E-state index is 5.69. The molecule has 0 atom stereocenters. The predicted octanol–water partition coefficient (Wildman–Crippen LogP) is 2.42. The molecule has 0 heterocycles. The lowest BCUT2D eigenvalue weighted by molar-refractivity contribution is 0.593. The standard InChI is InChI=1S/C7H8ClOSi/c1-10(8)9-7-5-3-2-4-6-7/h2-6H,1H3. The smallest absolute Gasteiger partial charge is 0.388 e. The molecule has 0 aliphatic carbocycles. The first-order chi connectivity index (χ1) is 4.79. The van der Waals surface area contributed by atoms with Crippen molar-refractivity contribution in [2.24, 2.45) is 0 Å². The summed E-state index contributed by atoms with van der Waals surface area (Å²) in [5, 5.41) is 0. The molecule has 0 amide bonds. The quantitative estimate of drug-likeness (QED) is 0.491. The van der Waals surface area contributed by atoms with Crippen molar-refractivity contribution in [2.75, 3.05) is 0 Å². The maximum Gasteiger partial charge on any atom is 0.388 e. The van der Waals surface area contributed by atoms with Crippen LogP contribution < -0.4 is 4.43 Å². The van der Waals surface area contributed by atoms with Crippen LogP contribution in [-0.4, -0.2) is 8.35 Å². The minimum Gasteiger partial charge on any atom is -0.528 e. The molecule has 1 aromatic carbocycles. The van der Waals surface area contributed by atoms with Crippen molar-refractivity contribution in [3.8, 4) is 5.75 Å². The Hall–Kier alpha value is -0.473. The summed E-state index contributed by atoms with van der Waals surface area (Å²) >= 11 is 5.69. The van der Waals surface area contributed by atoms with Crippen molar-refractivity contribution in [2.45, 2.75) is 6.55 Å². The van der Waals surface area contributed by atoms with Crippen molar-refractivity contribution in [3.05, 3.63) is 30.3 Å². The Morgan fingerprint density at radius 1 is 1.30 bits per heavy atom. The van der Waals surface area contributed by atoms with Gasteiger partial charge >= 0.3 is 8.35 Å². The second-order valence-corrected chi connectivity index (χ2v) is 4.63. The highest BCUT2D eigenvalue weighted by Crippen LogP contribution is 2.10. The molecular formula is C7H8ClOSi. The minimum absolute atomic E-state index is 0.855. The van der Waals surface area contributed by atoms with Gasteiger partial charge in [-0.25, -0.2) is 0 Å². The summed E-state index contributed by atoms with van der Waals surface area (Å²) in [4.78, 5) is 0. The molecule has 0 spiro atoms. The maximum absolute atomic E-state index is 5.69. The summed E-state index contributed by atoms with van der Waals surface area (Å²) in [7, 11) is -1.11. The SMILES string of the molecule is C[Si](Cl)Oc1ccccc1. The first kappa shape index (κ1) is 7.63. The van der Waals surface area contributed by atoms with E-state index in [1.165, 1.54) is 0 Å². The Bertz CT molecular complexity index is 188. The van der Waals surface area contributed by atoms with Gasteiger partial charge in [-0.15, -0.1) is 11.1 Å². The van der Waals surface area contributed by atoms with Gasteiger partial charge in [-0.2, -0.15) is 0 Å². The third-order valence-electron chi connectivity index (χ3n) is 1.00. The number of para-hydroxylation sites is 1. The Morgan fingerprint density at radius 2 is 1.90 bits per heavy atom. The van der Waals surface area contributed by atoms with E-state index in [1.807, 2.05) is 36.9 Å². The van der Waals surface area contributed by atoms with Gasteiger partial charge in [-0.3, -0.25) is 0 Å². The summed E-state index contributed by atoms with van der Waals surface area (Å²) in [6.07, 6.45) is 0. The van der Waals surface area contributed by atoms with E-state index in [9.17, 15) is 0 Å². The fraction of sp³-hybridized carbons (Fsp3) is 0.143. The van der Waals surface area contributed by atoms with Gasteiger partial charge < -0.3 is 4.43 Å². The van der Waals surface area contributed by atoms with Crippen LogP contribution in [-0.2, 0) is 0 Å². The van der Waals surface area contributed by atoms with Gasteiger partial charge in [-0.05, 0) is 18.7 Å². The molecule has 0 aromatic heterocycles. The van der Waals surface area contributed by atoms with Crippen LogP contribution in [0.5, 0.6) is 5.75 Å². The number of halogens is 1. The van der Waals surface area contributed by atoms with Gasteiger partial charge in [0.2, 0.25) is 0 Å². The molecule has 0 saturated carbocycles. The molecular weight excluding hydrogens is 164 g/mol. The Labute approximate surface area is 67.0 Å². The fourth-order valence-corrected chi connectivity index (χ4v) is 1.38. The van der Waals surface area contributed by atoms with E-state index in [4.69, 9.17) is 15.5 Å². The topological polar surface area (TPSA) is 9.23 Å². The van der Waals surface area contributed by atoms with Crippen LogP contribution in [0.4, 0.5) is 0 Å². The highest BCUT2D eigenvalue weighted by Gasteiger charge is 2.00. The van der Waals surface area contributed by atoms with Crippen molar-refractivity contribution in [1.82, 2.24) is 0 Å². The molecule has 0 N–H and O–H groups in total. The molecule has 0 bridgehead atoms. The normalized spacial score (nSPS) is 9.90. The van der Waals surface area contributed by atoms with E-state index in [0.29, 0.717) is 0 Å². The van der Waals surface area contributed by atoms with Gasteiger partial charge in [0.05, 0.1) is 0 Å². The van der Waals surface area contributed by atoms with Crippen LogP contribution in [0.3, 0.4) is 0 Å². The lowest BCUT2D eigenvalue weighted by Gasteiger charge is -2.03. The minimum atomic E-state index is -1.11. The molecule has 53 valence electrons. The average Bonchev–Trinajstić information content (AvgIpc) is 1.88. The molecule has 0 aliphatic rings. The summed E-state index contributed by atoms with van der Waals surface area (Å²) in [5.41, 5.74) is 0. The Balaban J connectivity index is 2.59. The van der Waals surface area contributed by atoms with E-state index in [2.05, 4.69) is 0 Å². The van der Waals surface area contributed by atoms with Crippen LogP contribution in [0.1, 0.15) is 0 Å². The van der Waals surface area contributed by atoms with Crippen molar-refractivity contribution >= 4 is 19.4 Å². The van der Waals surface area contributed by atoms with Crippen molar-refractivity contribution in [1.29, 1.82) is 0 Å². The highest BCUT2D eigenvalue weighted by molar-refractivity contribution is 7.02. The highest BCUT2D eigenvalue weighted by atomic mass is 35.6. The van der Waals surface area contributed by atoms with Crippen LogP contribution >= 0.6 is 11.1 Å². The van der Waals surface area contributed by atoms with E-state index in [1.54, 1.807) is 0 Å². The summed E-state index contributed by atoms with van der Waals surface area (Å²) < 4.78 is 5.28. The van der Waals surface area contributed by atoms with E-state index in [-0.39, 0.29) is 0 Å². The van der Waals surface area contributed by atoms with Gasteiger partial charge in [0.1, 0.15) is 5.75 Å². The fourth-order valence-electron chi connectivity index (χ4n) is 0.651. The third-order valence-corrected chi connectivity index (χ3v) is 1.75. The van der Waals surface area contributed by atoms with E-state index in [0.717, 1.165) is 5.75 Å². The first-order valence-corrected chi connectivity index (χ1v) is 5.93. The van der Waals surface area contributed by atoms with Crippen molar-refractivity contribution in [3.63, 3.8) is 0 Å². The third kappa shape index (κ3) is 2.41. The van der Waals surface area contributed by atoms with Gasteiger partial charge in [0.25, 0.3) is 0 Å². The lowest BCUT2D eigenvalue weighted by Crippen LogP contribution is -2.07. The van der Waals surface area contributed by atoms with Crippen LogP contribution in [0, 0.1) is 0 Å². The zero-order valence-corrected chi connectivity index (χ0v) is 7.43. The number of hydrogen-bond donors (Lipinski definition) is 0. The molecule has 0 fully saturated rings. The summed E-state index contributed by atoms with van der Waals surface area (Å²) in [5.74, 6) is 0.855. The number of rotatable bonds is 2. The van der Waals surface area contributed by atoms with E-state index >= 15 is 0 Å². The molecule has 1 nitrogen and oxygen atoms in total. The summed E-state index contributed by atoms with van der Waals surface area (Å²) in [6, 6.07) is 9.60. The van der Waals surface area contributed by atoms with Crippen LogP contribution in [0.2, 0.25) is 6.55 Å². The molecule has 1 radical (unpaired) electrons. The molecule has 0 aliphatic heterocycles. The van der Waals surface area contributed by atoms with Gasteiger partial charge in [-0.1, -0.05) is 18.2 Å². The largest absolute Gasteiger partial charge is 0.528 e. The second-order valence-electron chi connectivity index (χ2n) is 1.89. The van der Waals surface area contributed by atoms with Gasteiger partial charge in [0, 0.05) is 0 Å². The first-order valence-electron chi connectivity index (χ1n) is 3.01. The lowest BCUT2D eigenvalue weighted by atomic mass is 10.3. The average molecular weight is 172 g/mol. The van der Waals surface area contributed by atoms with Gasteiger partial charge in [0.15, 0.2) is 0 Å². The van der Waals surface area contributed by atoms with Crippen molar-refractivity contribution < 1.29 is 4.43 Å². The van der Waals surface area contributed by atoms with E-state index < -0.39 is 8.35 Å². The second kappa shape index (κ2) is 3.64. The molecule has 0 unspecified atom stereocenters. The molecule has 1 aromatic rings. The predicted molar refractivity (Wildman–Crippen MR) is 44.5 cm³/mol.